The molecule has 0 saturated carbocycles. The first-order valence-corrected chi connectivity index (χ1v) is 13.6. The van der Waals surface area contributed by atoms with E-state index in [9.17, 15) is 13.2 Å². The van der Waals surface area contributed by atoms with Gasteiger partial charge in [-0.2, -0.15) is 4.31 Å². The standard InChI is InChI=1S/C26H35N3O4S/c1-33-24-9-4-23(5-10-24)14-17-27-18-20-28(21-19-27)26(30)13-8-22-6-11-25(12-7-22)34(31,32)29-15-2-3-16-29/h4-7,9-12H,2-3,8,13-21H2,1H3. The third-order valence-corrected chi connectivity index (χ3v) is 8.77. The Labute approximate surface area is 203 Å². The van der Waals surface area contributed by atoms with Crippen molar-refractivity contribution < 1.29 is 17.9 Å². The summed E-state index contributed by atoms with van der Waals surface area (Å²) in [5.41, 5.74) is 2.28. The predicted molar refractivity (Wildman–Crippen MR) is 132 cm³/mol. The summed E-state index contributed by atoms with van der Waals surface area (Å²) in [5.74, 6) is 1.04. The van der Waals surface area contributed by atoms with Gasteiger partial charge in [0, 0.05) is 52.2 Å². The third kappa shape index (κ3) is 6.17. The molecule has 0 aliphatic carbocycles. The molecule has 184 valence electrons. The molecule has 0 atom stereocenters. The van der Waals surface area contributed by atoms with Crippen LogP contribution in [0.5, 0.6) is 5.75 Å². The van der Waals surface area contributed by atoms with Crippen molar-refractivity contribution in [2.75, 3.05) is 52.9 Å². The van der Waals surface area contributed by atoms with E-state index in [4.69, 9.17) is 4.74 Å². The lowest BCUT2D eigenvalue weighted by Crippen LogP contribution is -2.49. The van der Waals surface area contributed by atoms with E-state index in [0.717, 1.165) is 63.3 Å². The summed E-state index contributed by atoms with van der Waals surface area (Å²) in [6.07, 6.45) is 3.92. The summed E-state index contributed by atoms with van der Waals surface area (Å²) < 4.78 is 32.1. The maximum absolute atomic E-state index is 12.7. The average Bonchev–Trinajstić information content (AvgIpc) is 3.43. The van der Waals surface area contributed by atoms with Gasteiger partial charge in [-0.25, -0.2) is 8.42 Å². The SMILES string of the molecule is COc1ccc(CCN2CCN(C(=O)CCc3ccc(S(=O)(=O)N4CCCC4)cc3)CC2)cc1. The Kier molecular flexibility index (Phi) is 8.24. The number of nitrogens with zero attached hydrogens (tertiary/aromatic N) is 3. The number of methoxy groups -OCH3 is 1. The van der Waals surface area contributed by atoms with E-state index in [1.807, 2.05) is 29.2 Å². The van der Waals surface area contributed by atoms with Gasteiger partial charge in [-0.1, -0.05) is 24.3 Å². The minimum Gasteiger partial charge on any atom is -0.497 e. The zero-order chi connectivity index (χ0) is 24.0. The van der Waals surface area contributed by atoms with Crippen LogP contribution in [-0.2, 0) is 27.7 Å². The molecule has 2 fully saturated rings. The molecular formula is C26H35N3O4S. The van der Waals surface area contributed by atoms with Crippen LogP contribution in [0.2, 0.25) is 0 Å². The van der Waals surface area contributed by atoms with Crippen LogP contribution in [0.15, 0.2) is 53.4 Å². The van der Waals surface area contributed by atoms with Crippen LogP contribution in [0.1, 0.15) is 30.4 Å². The number of carbonyl (C=O) groups is 1. The second kappa shape index (κ2) is 11.3. The zero-order valence-corrected chi connectivity index (χ0v) is 20.8. The van der Waals surface area contributed by atoms with E-state index in [0.29, 0.717) is 30.8 Å². The molecule has 7 nitrogen and oxygen atoms in total. The van der Waals surface area contributed by atoms with Crippen LogP contribution in [0.3, 0.4) is 0 Å². The summed E-state index contributed by atoms with van der Waals surface area (Å²) >= 11 is 0. The molecule has 2 aliphatic rings. The van der Waals surface area contributed by atoms with Crippen molar-refractivity contribution in [2.24, 2.45) is 0 Å². The molecule has 0 aromatic heterocycles. The number of sulfonamides is 1. The van der Waals surface area contributed by atoms with Gasteiger partial charge in [0.05, 0.1) is 12.0 Å². The Morgan fingerprint density at radius 3 is 2.03 bits per heavy atom. The molecule has 8 heteroatoms. The molecule has 0 spiro atoms. The fourth-order valence-corrected chi connectivity index (χ4v) is 6.13. The first-order valence-electron chi connectivity index (χ1n) is 12.2. The third-order valence-electron chi connectivity index (χ3n) is 6.85. The Bertz CT molecular complexity index is 1040. The van der Waals surface area contributed by atoms with Crippen LogP contribution in [0, 0.1) is 0 Å². The fourth-order valence-electron chi connectivity index (χ4n) is 4.62. The van der Waals surface area contributed by atoms with Crippen molar-refractivity contribution in [3.8, 4) is 5.75 Å². The number of ether oxygens (including phenoxy) is 1. The van der Waals surface area contributed by atoms with Gasteiger partial charge in [0.1, 0.15) is 5.75 Å². The van der Waals surface area contributed by atoms with Crippen LogP contribution >= 0.6 is 0 Å². The fraction of sp³-hybridized carbons (Fsp3) is 0.500. The van der Waals surface area contributed by atoms with Crippen molar-refractivity contribution in [1.29, 1.82) is 0 Å². The van der Waals surface area contributed by atoms with E-state index < -0.39 is 10.0 Å². The molecule has 4 rings (SSSR count). The van der Waals surface area contributed by atoms with E-state index in [-0.39, 0.29) is 5.91 Å². The maximum Gasteiger partial charge on any atom is 0.243 e. The second-order valence-electron chi connectivity index (χ2n) is 9.08. The molecule has 1 amide bonds. The molecule has 2 heterocycles. The van der Waals surface area contributed by atoms with Gasteiger partial charge < -0.3 is 9.64 Å². The first kappa shape index (κ1) is 24.7. The quantitative estimate of drug-likeness (QED) is 0.546. The van der Waals surface area contributed by atoms with Gasteiger partial charge in [0.2, 0.25) is 15.9 Å². The topological polar surface area (TPSA) is 70.2 Å². The summed E-state index contributed by atoms with van der Waals surface area (Å²) in [4.78, 5) is 17.4. The molecule has 2 aromatic rings. The molecule has 0 N–H and O–H groups in total. The molecule has 0 unspecified atom stereocenters. The minimum absolute atomic E-state index is 0.170. The summed E-state index contributed by atoms with van der Waals surface area (Å²) in [6.45, 7) is 5.50. The highest BCUT2D eigenvalue weighted by Gasteiger charge is 2.27. The van der Waals surface area contributed by atoms with Gasteiger partial charge in [0.15, 0.2) is 0 Å². The Morgan fingerprint density at radius 2 is 1.41 bits per heavy atom. The molecule has 2 aromatic carbocycles. The lowest BCUT2D eigenvalue weighted by atomic mass is 10.1. The first-order chi connectivity index (χ1) is 16.5. The van der Waals surface area contributed by atoms with Crippen molar-refractivity contribution in [3.63, 3.8) is 0 Å². The van der Waals surface area contributed by atoms with Crippen LogP contribution in [-0.4, -0.2) is 81.4 Å². The van der Waals surface area contributed by atoms with E-state index in [2.05, 4.69) is 17.0 Å². The smallest absolute Gasteiger partial charge is 0.243 e. The highest BCUT2D eigenvalue weighted by molar-refractivity contribution is 7.89. The predicted octanol–water partition coefficient (Wildman–Crippen LogP) is 2.80. The van der Waals surface area contributed by atoms with E-state index in [1.165, 1.54) is 5.56 Å². The van der Waals surface area contributed by atoms with Crippen molar-refractivity contribution in [3.05, 3.63) is 59.7 Å². The molecule has 2 saturated heterocycles. The number of amides is 1. The molecular weight excluding hydrogens is 450 g/mol. The van der Waals surface area contributed by atoms with E-state index in [1.54, 1.807) is 23.5 Å². The highest BCUT2D eigenvalue weighted by Crippen LogP contribution is 2.21. The Morgan fingerprint density at radius 1 is 0.824 bits per heavy atom. The number of rotatable bonds is 9. The van der Waals surface area contributed by atoms with Gasteiger partial charge in [-0.05, 0) is 61.1 Å². The molecule has 2 aliphatic heterocycles. The Hall–Kier alpha value is -2.42. The zero-order valence-electron chi connectivity index (χ0n) is 20.0. The Balaban J connectivity index is 1.19. The lowest BCUT2D eigenvalue weighted by Gasteiger charge is -2.34. The van der Waals surface area contributed by atoms with Crippen LogP contribution in [0.4, 0.5) is 0 Å². The van der Waals surface area contributed by atoms with E-state index >= 15 is 0 Å². The number of hydrogen-bond donors (Lipinski definition) is 0. The highest BCUT2D eigenvalue weighted by atomic mass is 32.2. The molecule has 0 bridgehead atoms. The monoisotopic (exact) mass is 485 g/mol. The summed E-state index contributed by atoms with van der Waals surface area (Å²) in [6, 6.07) is 15.2. The van der Waals surface area contributed by atoms with Crippen LogP contribution in [0.25, 0.3) is 0 Å². The van der Waals surface area contributed by atoms with Gasteiger partial charge >= 0.3 is 0 Å². The second-order valence-corrected chi connectivity index (χ2v) is 11.0. The average molecular weight is 486 g/mol. The maximum atomic E-state index is 12.7. The normalized spacial score (nSPS) is 17.7. The van der Waals surface area contributed by atoms with Crippen molar-refractivity contribution in [2.45, 2.75) is 37.0 Å². The summed E-state index contributed by atoms with van der Waals surface area (Å²) in [5, 5.41) is 0. The number of piperazine rings is 1. The summed E-state index contributed by atoms with van der Waals surface area (Å²) in [7, 11) is -1.71. The van der Waals surface area contributed by atoms with Gasteiger partial charge in [0.25, 0.3) is 0 Å². The largest absolute Gasteiger partial charge is 0.497 e. The van der Waals surface area contributed by atoms with Crippen molar-refractivity contribution >= 4 is 15.9 Å². The van der Waals surface area contributed by atoms with Crippen LogP contribution < -0.4 is 4.74 Å². The number of benzene rings is 2. The minimum atomic E-state index is -3.39. The molecule has 0 radical (unpaired) electrons. The number of aryl methyl sites for hydroxylation is 1. The number of carbonyl (C=O) groups excluding carboxylic acids is 1. The van der Waals surface area contributed by atoms with Crippen molar-refractivity contribution in [1.82, 2.24) is 14.1 Å². The molecule has 34 heavy (non-hydrogen) atoms. The van der Waals surface area contributed by atoms with Gasteiger partial charge in [-0.15, -0.1) is 0 Å². The van der Waals surface area contributed by atoms with Gasteiger partial charge in [-0.3, -0.25) is 9.69 Å². The number of hydrogen-bond acceptors (Lipinski definition) is 5. The lowest BCUT2D eigenvalue weighted by molar-refractivity contribution is -0.132.